The summed E-state index contributed by atoms with van der Waals surface area (Å²) in [6, 6.07) is 8.14. The molecular weight excluding hydrogens is 266 g/mol. The molecule has 0 aliphatic rings. The van der Waals surface area contributed by atoms with Crippen molar-refractivity contribution in [2.45, 2.75) is 13.0 Å². The highest BCUT2D eigenvalue weighted by molar-refractivity contribution is 9.10. The molecule has 0 saturated carbocycles. The van der Waals surface area contributed by atoms with Crippen LogP contribution in [-0.2, 0) is 0 Å². The van der Waals surface area contributed by atoms with E-state index in [4.69, 9.17) is 4.42 Å². The average molecular weight is 280 g/mol. The minimum atomic E-state index is 0.0734. The number of benzene rings is 1. The second kappa shape index (κ2) is 4.85. The monoisotopic (exact) mass is 279 g/mol. The number of nitrogens with one attached hydrogen (secondary N) is 1. The van der Waals surface area contributed by atoms with Gasteiger partial charge in [0.15, 0.2) is 0 Å². The van der Waals surface area contributed by atoms with E-state index in [2.05, 4.69) is 40.8 Å². The molecule has 0 aliphatic heterocycles. The van der Waals surface area contributed by atoms with Gasteiger partial charge in [-0.3, -0.25) is 0 Å². The van der Waals surface area contributed by atoms with Gasteiger partial charge in [-0.25, -0.2) is 0 Å². The van der Waals surface area contributed by atoms with Crippen molar-refractivity contribution in [3.05, 3.63) is 47.2 Å². The van der Waals surface area contributed by atoms with Gasteiger partial charge in [-0.15, -0.1) is 6.58 Å². The standard InChI is InChI=1S/C13H14BrNO/c1-3-11(15-4-2)12-8-9-6-5-7-10(14)13(9)16-12/h3,5-8,11,15H,1,4H2,2H3. The van der Waals surface area contributed by atoms with Crippen LogP contribution in [0.3, 0.4) is 0 Å². The Balaban J connectivity index is 2.45. The Labute approximate surface area is 103 Å². The highest BCUT2D eigenvalue weighted by Crippen LogP contribution is 2.29. The first kappa shape index (κ1) is 11.4. The minimum Gasteiger partial charge on any atom is -0.458 e. The first-order valence-electron chi connectivity index (χ1n) is 5.30. The van der Waals surface area contributed by atoms with Crippen LogP contribution in [0.2, 0.25) is 0 Å². The average Bonchev–Trinajstić information content (AvgIpc) is 2.71. The van der Waals surface area contributed by atoms with E-state index in [1.54, 1.807) is 0 Å². The van der Waals surface area contributed by atoms with E-state index in [0.29, 0.717) is 0 Å². The number of furan rings is 1. The number of likely N-dealkylation sites (N-methyl/N-ethyl adjacent to an activating group) is 1. The Hall–Kier alpha value is -1.06. The van der Waals surface area contributed by atoms with E-state index in [-0.39, 0.29) is 6.04 Å². The summed E-state index contributed by atoms with van der Waals surface area (Å²) in [5.41, 5.74) is 0.891. The zero-order valence-corrected chi connectivity index (χ0v) is 10.8. The highest BCUT2D eigenvalue weighted by Gasteiger charge is 2.12. The van der Waals surface area contributed by atoms with Crippen molar-refractivity contribution in [1.82, 2.24) is 5.32 Å². The number of hydrogen-bond acceptors (Lipinski definition) is 2. The Morgan fingerprint density at radius 3 is 3.00 bits per heavy atom. The molecule has 1 aromatic carbocycles. The lowest BCUT2D eigenvalue weighted by atomic mass is 10.2. The summed E-state index contributed by atoms with van der Waals surface area (Å²) in [5.74, 6) is 0.902. The molecule has 2 aromatic rings. The third-order valence-electron chi connectivity index (χ3n) is 2.48. The van der Waals surface area contributed by atoms with Gasteiger partial charge in [0.05, 0.1) is 10.5 Å². The zero-order valence-electron chi connectivity index (χ0n) is 9.16. The van der Waals surface area contributed by atoms with Crippen molar-refractivity contribution < 1.29 is 4.42 Å². The van der Waals surface area contributed by atoms with Gasteiger partial charge in [-0.1, -0.05) is 25.1 Å². The highest BCUT2D eigenvalue weighted by atomic mass is 79.9. The van der Waals surface area contributed by atoms with Crippen LogP contribution >= 0.6 is 15.9 Å². The second-order valence-corrected chi connectivity index (χ2v) is 4.43. The minimum absolute atomic E-state index is 0.0734. The van der Waals surface area contributed by atoms with Crippen LogP contribution in [0.5, 0.6) is 0 Å². The zero-order chi connectivity index (χ0) is 11.5. The van der Waals surface area contributed by atoms with Gasteiger partial charge in [0.25, 0.3) is 0 Å². The van der Waals surface area contributed by atoms with Crippen LogP contribution in [0.4, 0.5) is 0 Å². The van der Waals surface area contributed by atoms with Gasteiger partial charge < -0.3 is 9.73 Å². The van der Waals surface area contributed by atoms with Crippen LogP contribution < -0.4 is 5.32 Å². The molecule has 0 fully saturated rings. The number of hydrogen-bond donors (Lipinski definition) is 1. The molecule has 1 aromatic heterocycles. The summed E-state index contributed by atoms with van der Waals surface area (Å²) < 4.78 is 6.81. The van der Waals surface area contributed by atoms with Gasteiger partial charge in [-0.2, -0.15) is 0 Å². The molecule has 2 rings (SSSR count). The molecule has 0 bridgehead atoms. The number of fused-ring (bicyclic) bond motifs is 1. The van der Waals surface area contributed by atoms with E-state index < -0.39 is 0 Å². The summed E-state index contributed by atoms with van der Waals surface area (Å²) in [7, 11) is 0. The molecule has 2 nitrogen and oxygen atoms in total. The fourth-order valence-electron chi connectivity index (χ4n) is 1.72. The predicted octanol–water partition coefficient (Wildman–Crippen LogP) is 4.03. The van der Waals surface area contributed by atoms with Gasteiger partial charge in [0.1, 0.15) is 11.3 Å². The fourth-order valence-corrected chi connectivity index (χ4v) is 2.18. The molecule has 1 atom stereocenters. The summed E-state index contributed by atoms with van der Waals surface area (Å²) in [6.45, 7) is 6.76. The normalized spacial score (nSPS) is 12.9. The molecular formula is C13H14BrNO. The molecule has 1 heterocycles. The van der Waals surface area contributed by atoms with Gasteiger partial charge in [0.2, 0.25) is 0 Å². The number of rotatable bonds is 4. The molecule has 3 heteroatoms. The largest absolute Gasteiger partial charge is 0.458 e. The molecule has 84 valence electrons. The van der Waals surface area contributed by atoms with Crippen molar-refractivity contribution in [3.8, 4) is 0 Å². The third kappa shape index (κ3) is 2.06. The summed E-state index contributed by atoms with van der Waals surface area (Å²) in [4.78, 5) is 0. The SMILES string of the molecule is C=CC(NCC)c1cc2cccc(Br)c2o1. The van der Waals surface area contributed by atoms with Crippen molar-refractivity contribution >= 4 is 26.9 Å². The first-order chi connectivity index (χ1) is 7.76. The fraction of sp³-hybridized carbons (Fsp3) is 0.231. The van der Waals surface area contributed by atoms with Gasteiger partial charge in [0, 0.05) is 5.39 Å². The maximum Gasteiger partial charge on any atom is 0.148 e. The Bertz CT molecular complexity index is 504. The quantitative estimate of drug-likeness (QED) is 0.855. The van der Waals surface area contributed by atoms with E-state index in [1.165, 1.54) is 0 Å². The van der Waals surface area contributed by atoms with Crippen molar-refractivity contribution in [1.29, 1.82) is 0 Å². The summed E-state index contributed by atoms with van der Waals surface area (Å²) in [5, 5.41) is 4.41. The molecule has 0 saturated heterocycles. The Morgan fingerprint density at radius 1 is 1.56 bits per heavy atom. The maximum atomic E-state index is 5.82. The Morgan fingerprint density at radius 2 is 2.38 bits per heavy atom. The van der Waals surface area contributed by atoms with Crippen LogP contribution in [0, 0.1) is 0 Å². The van der Waals surface area contributed by atoms with Crippen LogP contribution in [0.15, 0.2) is 45.8 Å². The van der Waals surface area contributed by atoms with Crippen molar-refractivity contribution in [3.63, 3.8) is 0 Å². The topological polar surface area (TPSA) is 25.2 Å². The van der Waals surface area contributed by atoms with Crippen LogP contribution in [-0.4, -0.2) is 6.54 Å². The van der Waals surface area contributed by atoms with E-state index in [9.17, 15) is 0 Å². The smallest absolute Gasteiger partial charge is 0.148 e. The van der Waals surface area contributed by atoms with Gasteiger partial charge >= 0.3 is 0 Å². The van der Waals surface area contributed by atoms with Crippen LogP contribution in [0.1, 0.15) is 18.7 Å². The molecule has 0 amide bonds. The van der Waals surface area contributed by atoms with E-state index >= 15 is 0 Å². The maximum absolute atomic E-state index is 5.82. The second-order valence-electron chi connectivity index (χ2n) is 3.58. The molecule has 1 N–H and O–H groups in total. The van der Waals surface area contributed by atoms with E-state index in [1.807, 2.05) is 24.3 Å². The van der Waals surface area contributed by atoms with Crippen LogP contribution in [0.25, 0.3) is 11.0 Å². The van der Waals surface area contributed by atoms with Crippen molar-refractivity contribution in [2.24, 2.45) is 0 Å². The molecule has 0 spiro atoms. The predicted molar refractivity (Wildman–Crippen MR) is 70.5 cm³/mol. The lowest BCUT2D eigenvalue weighted by molar-refractivity contribution is 0.484. The van der Waals surface area contributed by atoms with Crippen molar-refractivity contribution in [2.75, 3.05) is 6.54 Å². The molecule has 0 radical (unpaired) electrons. The van der Waals surface area contributed by atoms with E-state index in [0.717, 1.165) is 27.7 Å². The molecule has 1 unspecified atom stereocenters. The molecule has 0 aliphatic carbocycles. The summed E-state index contributed by atoms with van der Waals surface area (Å²) in [6.07, 6.45) is 1.86. The van der Waals surface area contributed by atoms with Gasteiger partial charge in [-0.05, 0) is 34.6 Å². The first-order valence-corrected chi connectivity index (χ1v) is 6.09. The third-order valence-corrected chi connectivity index (χ3v) is 3.11. The number of para-hydroxylation sites is 1. The Kier molecular flexibility index (Phi) is 3.46. The molecule has 16 heavy (non-hydrogen) atoms. The summed E-state index contributed by atoms with van der Waals surface area (Å²) >= 11 is 3.48. The number of halogens is 1. The lowest BCUT2D eigenvalue weighted by Crippen LogP contribution is -2.17. The lowest BCUT2D eigenvalue weighted by Gasteiger charge is -2.09.